The van der Waals surface area contributed by atoms with E-state index in [9.17, 15) is 24.3 Å². The number of aryl methyl sites for hydroxylation is 2. The number of hydrogen-bond donors (Lipinski definition) is 2. The van der Waals surface area contributed by atoms with Gasteiger partial charge in [0.25, 0.3) is 5.91 Å². The molecule has 0 aliphatic carbocycles. The van der Waals surface area contributed by atoms with Gasteiger partial charge in [-0.25, -0.2) is 0 Å². The lowest BCUT2D eigenvalue weighted by atomic mass is 9.74. The second-order valence-corrected chi connectivity index (χ2v) is 12.6. The second kappa shape index (κ2) is 13.4. The molecule has 0 aromatic heterocycles. The smallest absolute Gasteiger partial charge is 0.313 e. The van der Waals surface area contributed by atoms with Crippen LogP contribution in [0, 0.1) is 25.7 Å². The zero-order valence-electron chi connectivity index (χ0n) is 26.8. The molecule has 4 heterocycles. The molecule has 0 radical (unpaired) electrons. The third-order valence-corrected chi connectivity index (χ3v) is 9.62. The number of anilines is 1. The van der Waals surface area contributed by atoms with Crippen LogP contribution in [0.4, 0.5) is 5.69 Å². The van der Waals surface area contributed by atoms with Crippen LogP contribution in [-0.2, 0) is 33.4 Å². The van der Waals surface area contributed by atoms with Crippen molar-refractivity contribution in [1.29, 1.82) is 0 Å². The van der Waals surface area contributed by atoms with Gasteiger partial charge in [0.15, 0.2) is 0 Å². The van der Waals surface area contributed by atoms with Crippen LogP contribution in [0.2, 0.25) is 0 Å². The SMILES string of the molecule is COC[C@@H]1NC(=O)CC/C=C\CN(c2c(C)cccc2C)C(=O)[C@H]2N(CCO)C(=O)[C@@H]3[C@@H](C(=O)O[C@H]1c1ccccc1)[C@H]1C=C[C@]32O1. The van der Waals surface area contributed by atoms with E-state index in [0.717, 1.165) is 11.1 Å². The predicted molar refractivity (Wildman–Crippen MR) is 172 cm³/mol. The molecule has 2 fully saturated rings. The van der Waals surface area contributed by atoms with Crippen molar-refractivity contribution in [3.05, 3.63) is 89.5 Å². The molecule has 2 N–H and O–H groups in total. The quantitative estimate of drug-likeness (QED) is 0.363. The summed E-state index contributed by atoms with van der Waals surface area (Å²) in [6.07, 6.45) is 5.98. The number of benzene rings is 2. The van der Waals surface area contributed by atoms with Gasteiger partial charge in [-0.1, -0.05) is 72.8 Å². The number of para-hydroxylation sites is 1. The molecule has 0 saturated carbocycles. The minimum Gasteiger partial charge on any atom is -0.455 e. The number of carbonyl (C=O) groups excluding carboxylic acids is 4. The predicted octanol–water partition coefficient (Wildman–Crippen LogP) is 2.55. The molecular formula is C36H41N3O8. The average Bonchev–Trinajstić information content (AvgIpc) is 3.69. The summed E-state index contributed by atoms with van der Waals surface area (Å²) in [5.74, 6) is -3.88. The maximum absolute atomic E-state index is 14.9. The Kier molecular flexibility index (Phi) is 9.32. The molecule has 2 saturated heterocycles. The van der Waals surface area contributed by atoms with Crippen LogP contribution in [0.1, 0.15) is 35.6 Å². The van der Waals surface area contributed by atoms with E-state index in [-0.39, 0.29) is 44.5 Å². The molecule has 11 nitrogen and oxygen atoms in total. The molecule has 4 aliphatic rings. The number of hydrogen-bond acceptors (Lipinski definition) is 8. The van der Waals surface area contributed by atoms with E-state index in [4.69, 9.17) is 14.2 Å². The Hall–Kier alpha value is -4.32. The lowest BCUT2D eigenvalue weighted by Crippen LogP contribution is -2.56. The van der Waals surface area contributed by atoms with Gasteiger partial charge in [-0.3, -0.25) is 19.2 Å². The number of aliphatic hydroxyl groups is 1. The zero-order chi connectivity index (χ0) is 33.3. The van der Waals surface area contributed by atoms with E-state index in [1.807, 2.05) is 62.4 Å². The van der Waals surface area contributed by atoms with E-state index < -0.39 is 53.6 Å². The zero-order valence-corrected chi connectivity index (χ0v) is 26.8. The fourth-order valence-electron chi connectivity index (χ4n) is 7.64. The highest BCUT2D eigenvalue weighted by molar-refractivity contribution is 6.06. The van der Waals surface area contributed by atoms with E-state index in [2.05, 4.69) is 5.32 Å². The number of ether oxygens (including phenoxy) is 3. The highest BCUT2D eigenvalue weighted by Crippen LogP contribution is 2.56. The van der Waals surface area contributed by atoms with Crippen LogP contribution in [0.25, 0.3) is 0 Å². The standard InChI is InChI=1S/C36H41N3O8/c1-22-11-10-12-23(2)30(22)38-18-9-5-8-15-27(41)37-25(21-45-3)31(24-13-6-4-7-14-24)46-35(44)28-26-16-17-36(47-26)29(28)33(42)39(19-20-40)32(36)34(38)43/h4-7,9-14,16-17,25-26,28-29,31-32,40H,8,15,18-21H2,1-3H3,(H,37,41)/b9-5-/t25-,26+,28-,29-,31-,32+,36-/m0/s1. The Bertz CT molecular complexity index is 1570. The Labute approximate surface area is 274 Å². The molecule has 2 aromatic rings. The monoisotopic (exact) mass is 643 g/mol. The number of esters is 1. The first-order chi connectivity index (χ1) is 22.7. The van der Waals surface area contributed by atoms with E-state index in [1.165, 1.54) is 12.0 Å². The van der Waals surface area contributed by atoms with Gasteiger partial charge in [0, 0.05) is 32.3 Å². The first-order valence-electron chi connectivity index (χ1n) is 16.1. The van der Waals surface area contributed by atoms with Gasteiger partial charge in [0.1, 0.15) is 23.7 Å². The van der Waals surface area contributed by atoms with Crippen LogP contribution < -0.4 is 10.2 Å². The number of carbonyl (C=O) groups is 4. The summed E-state index contributed by atoms with van der Waals surface area (Å²) >= 11 is 0. The minimum atomic E-state index is -1.44. The summed E-state index contributed by atoms with van der Waals surface area (Å²) in [4.78, 5) is 59.6. The summed E-state index contributed by atoms with van der Waals surface area (Å²) in [7, 11) is 1.51. The van der Waals surface area contributed by atoms with Crippen molar-refractivity contribution in [3.8, 4) is 0 Å². The molecule has 11 heteroatoms. The highest BCUT2D eigenvalue weighted by Gasteiger charge is 2.73. The number of methoxy groups -OCH3 is 1. The number of fused-ring (bicyclic) bond motifs is 2. The third-order valence-electron chi connectivity index (χ3n) is 9.62. The summed E-state index contributed by atoms with van der Waals surface area (Å²) < 4.78 is 18.2. The van der Waals surface area contributed by atoms with Crippen LogP contribution >= 0.6 is 0 Å². The van der Waals surface area contributed by atoms with Gasteiger partial charge in [-0.15, -0.1) is 0 Å². The van der Waals surface area contributed by atoms with Gasteiger partial charge in [-0.2, -0.15) is 0 Å². The lowest BCUT2D eigenvalue weighted by Gasteiger charge is -2.36. The van der Waals surface area contributed by atoms with Crippen LogP contribution in [0.5, 0.6) is 0 Å². The van der Waals surface area contributed by atoms with Gasteiger partial charge < -0.3 is 34.4 Å². The van der Waals surface area contributed by atoms with Gasteiger partial charge in [0.2, 0.25) is 11.8 Å². The van der Waals surface area contributed by atoms with Gasteiger partial charge in [-0.05, 0) is 37.0 Å². The van der Waals surface area contributed by atoms with E-state index >= 15 is 0 Å². The number of amides is 3. The largest absolute Gasteiger partial charge is 0.455 e. The Morgan fingerprint density at radius 1 is 1.00 bits per heavy atom. The van der Waals surface area contributed by atoms with Crippen molar-refractivity contribution in [2.24, 2.45) is 11.8 Å². The van der Waals surface area contributed by atoms with Crippen molar-refractivity contribution in [2.45, 2.75) is 56.6 Å². The maximum Gasteiger partial charge on any atom is 0.313 e. The van der Waals surface area contributed by atoms with Crippen LogP contribution in [-0.4, -0.2) is 90.9 Å². The first-order valence-corrected chi connectivity index (χ1v) is 16.1. The average molecular weight is 644 g/mol. The molecule has 7 atom stereocenters. The fraction of sp³-hybridized carbons (Fsp3) is 0.444. The number of nitrogens with zero attached hydrogens (tertiary/aromatic N) is 2. The molecule has 6 rings (SSSR count). The molecule has 4 aliphatic heterocycles. The number of rotatable bonds is 6. The third kappa shape index (κ3) is 5.77. The molecular weight excluding hydrogens is 602 g/mol. The maximum atomic E-state index is 14.9. The molecule has 248 valence electrons. The van der Waals surface area contributed by atoms with Crippen LogP contribution in [0.3, 0.4) is 0 Å². The van der Waals surface area contributed by atoms with Gasteiger partial charge in [0.05, 0.1) is 31.3 Å². The molecule has 1 spiro atoms. The first kappa shape index (κ1) is 32.6. The molecule has 47 heavy (non-hydrogen) atoms. The summed E-state index contributed by atoms with van der Waals surface area (Å²) in [5, 5.41) is 13.0. The summed E-state index contributed by atoms with van der Waals surface area (Å²) in [5.41, 5.74) is 1.65. The molecule has 3 amide bonds. The number of likely N-dealkylation sites (tertiary alicyclic amines) is 1. The van der Waals surface area contributed by atoms with Gasteiger partial charge >= 0.3 is 5.97 Å². The normalized spacial score (nSPS) is 31.6. The molecule has 2 aromatic carbocycles. The van der Waals surface area contributed by atoms with Crippen molar-refractivity contribution < 1.29 is 38.5 Å². The lowest BCUT2D eigenvalue weighted by molar-refractivity contribution is -0.162. The van der Waals surface area contributed by atoms with Crippen molar-refractivity contribution in [1.82, 2.24) is 10.2 Å². The Morgan fingerprint density at radius 2 is 1.74 bits per heavy atom. The van der Waals surface area contributed by atoms with Crippen LogP contribution in [0.15, 0.2) is 72.8 Å². The van der Waals surface area contributed by atoms with E-state index in [0.29, 0.717) is 17.7 Å². The highest BCUT2D eigenvalue weighted by atomic mass is 16.6. The van der Waals surface area contributed by atoms with Crippen molar-refractivity contribution >= 4 is 29.4 Å². The van der Waals surface area contributed by atoms with Crippen molar-refractivity contribution in [2.75, 3.05) is 38.3 Å². The number of nitrogens with one attached hydrogen (secondary N) is 1. The summed E-state index contributed by atoms with van der Waals surface area (Å²) in [6, 6.07) is 13.0. The Morgan fingerprint density at radius 3 is 2.45 bits per heavy atom. The Balaban J connectivity index is 1.47. The number of aliphatic hydroxyl groups excluding tert-OH is 1. The number of cyclic esters (lactones) is 1. The summed E-state index contributed by atoms with van der Waals surface area (Å²) in [6.45, 7) is 3.59. The molecule has 5 bridgehead atoms. The minimum absolute atomic E-state index is 0.0663. The fourth-order valence-corrected chi connectivity index (χ4v) is 7.64. The second-order valence-electron chi connectivity index (χ2n) is 12.6. The van der Waals surface area contributed by atoms with Crippen molar-refractivity contribution in [3.63, 3.8) is 0 Å². The van der Waals surface area contributed by atoms with E-state index in [1.54, 1.807) is 29.2 Å². The molecule has 0 unspecified atom stereocenters. The number of allylic oxidation sites excluding steroid dienone is 1. The number of β-amino-alcohol motifs (C(OH)–C–C–N with tert-alkyl or cyclic N) is 1. The topological polar surface area (TPSA) is 135 Å².